The molecule has 0 spiro atoms. The molecule has 2 N–H and O–H groups in total. The van der Waals surface area contributed by atoms with Gasteiger partial charge in [-0.25, -0.2) is 0 Å². The monoisotopic (exact) mass is 369 g/mol. The van der Waals surface area contributed by atoms with Gasteiger partial charge in [0, 0.05) is 11.4 Å². The Morgan fingerprint density at radius 3 is 2.76 bits per heavy atom. The lowest BCUT2D eigenvalue weighted by molar-refractivity contribution is -0.954. The van der Waals surface area contributed by atoms with Crippen molar-refractivity contribution in [3.63, 3.8) is 0 Å². The summed E-state index contributed by atoms with van der Waals surface area (Å²) in [5.74, 6) is 0.902. The van der Waals surface area contributed by atoms with Crippen LogP contribution < -0.4 is 15.0 Å². The van der Waals surface area contributed by atoms with Crippen molar-refractivity contribution >= 4 is 17.5 Å². The molecule has 0 aromatic heterocycles. The summed E-state index contributed by atoms with van der Waals surface area (Å²) in [6.07, 6.45) is 1.17. The molecule has 6 heteroatoms. The van der Waals surface area contributed by atoms with Crippen molar-refractivity contribution in [1.29, 1.82) is 0 Å². The summed E-state index contributed by atoms with van der Waals surface area (Å²) in [5.41, 5.74) is 1.03. The molecule has 1 aliphatic heterocycles. The highest BCUT2D eigenvalue weighted by Crippen LogP contribution is 2.21. The van der Waals surface area contributed by atoms with E-state index in [-0.39, 0.29) is 11.4 Å². The van der Waals surface area contributed by atoms with Gasteiger partial charge in [-0.15, -0.1) is 0 Å². The molecule has 1 aliphatic rings. The lowest BCUT2D eigenvalue weighted by atomic mass is 10.0. The third-order valence-electron chi connectivity index (χ3n) is 4.72. The first kappa shape index (κ1) is 20.0. The van der Waals surface area contributed by atoms with Gasteiger partial charge in [0.1, 0.15) is 24.4 Å². The van der Waals surface area contributed by atoms with Crippen LogP contribution in [0.15, 0.2) is 18.2 Å². The molecule has 1 aromatic rings. The first-order chi connectivity index (χ1) is 11.9. The van der Waals surface area contributed by atoms with Crippen LogP contribution in [0.2, 0.25) is 5.02 Å². The zero-order valence-electron chi connectivity index (χ0n) is 15.5. The molecule has 1 amide bonds. The minimum Gasteiger partial charge on any atom is -0.493 e. The van der Waals surface area contributed by atoms with Crippen molar-refractivity contribution in [3.8, 4) is 5.75 Å². The summed E-state index contributed by atoms with van der Waals surface area (Å²) in [4.78, 5) is 13.6. The SMILES string of the molecule is Cc1cc(Cl)ccc1OCCCC(=O)NCC(C)(C)[NH+]1CCOCC1. The Morgan fingerprint density at radius 1 is 1.36 bits per heavy atom. The smallest absolute Gasteiger partial charge is 0.220 e. The Hall–Kier alpha value is -1.30. The van der Waals surface area contributed by atoms with Gasteiger partial charge in [-0.3, -0.25) is 4.79 Å². The molecule has 1 fully saturated rings. The number of rotatable bonds is 8. The maximum atomic E-state index is 12.1. The summed E-state index contributed by atoms with van der Waals surface area (Å²) in [5, 5.41) is 3.77. The van der Waals surface area contributed by atoms with Crippen LogP contribution in [0.25, 0.3) is 0 Å². The summed E-state index contributed by atoms with van der Waals surface area (Å²) < 4.78 is 11.1. The normalized spacial score (nSPS) is 15.8. The minimum absolute atomic E-state index is 0.0242. The van der Waals surface area contributed by atoms with Crippen molar-refractivity contribution in [2.45, 2.75) is 39.2 Å². The van der Waals surface area contributed by atoms with E-state index in [9.17, 15) is 4.79 Å². The summed E-state index contributed by atoms with van der Waals surface area (Å²) >= 11 is 5.93. The largest absolute Gasteiger partial charge is 0.493 e. The second kappa shape index (κ2) is 9.41. The highest BCUT2D eigenvalue weighted by molar-refractivity contribution is 6.30. The second-order valence-electron chi connectivity index (χ2n) is 7.24. The van der Waals surface area contributed by atoms with Crippen molar-refractivity contribution in [2.75, 3.05) is 39.5 Å². The molecule has 0 saturated carbocycles. The molecule has 25 heavy (non-hydrogen) atoms. The van der Waals surface area contributed by atoms with E-state index in [0.717, 1.165) is 37.6 Å². The van der Waals surface area contributed by atoms with Gasteiger partial charge in [0.05, 0.1) is 26.4 Å². The number of carbonyl (C=O) groups is 1. The van der Waals surface area contributed by atoms with Gasteiger partial charge in [0.15, 0.2) is 0 Å². The number of aryl methyl sites for hydroxylation is 1. The van der Waals surface area contributed by atoms with E-state index in [0.29, 0.717) is 31.0 Å². The Morgan fingerprint density at radius 2 is 2.08 bits per heavy atom. The quantitative estimate of drug-likeness (QED) is 0.685. The zero-order valence-corrected chi connectivity index (χ0v) is 16.2. The second-order valence-corrected chi connectivity index (χ2v) is 7.67. The molecule has 2 rings (SSSR count). The average molecular weight is 370 g/mol. The minimum atomic E-state index is 0.0242. The maximum Gasteiger partial charge on any atom is 0.220 e. The molecule has 1 aromatic carbocycles. The van der Waals surface area contributed by atoms with E-state index >= 15 is 0 Å². The lowest BCUT2D eigenvalue weighted by Gasteiger charge is -2.37. The number of halogens is 1. The van der Waals surface area contributed by atoms with Crippen LogP contribution in [0.4, 0.5) is 0 Å². The van der Waals surface area contributed by atoms with E-state index in [1.807, 2.05) is 25.1 Å². The number of ether oxygens (including phenoxy) is 2. The van der Waals surface area contributed by atoms with Gasteiger partial charge in [0.25, 0.3) is 0 Å². The summed E-state index contributed by atoms with van der Waals surface area (Å²) in [6.45, 7) is 11.1. The molecule has 0 bridgehead atoms. The fourth-order valence-electron chi connectivity index (χ4n) is 3.02. The van der Waals surface area contributed by atoms with E-state index in [1.165, 1.54) is 4.90 Å². The average Bonchev–Trinajstić information content (AvgIpc) is 2.59. The Labute approximate surface area is 155 Å². The van der Waals surface area contributed by atoms with E-state index in [1.54, 1.807) is 0 Å². The number of benzene rings is 1. The number of hydrogen-bond acceptors (Lipinski definition) is 3. The molecule has 1 heterocycles. The molecular formula is C19H30ClN2O3+. The van der Waals surface area contributed by atoms with Gasteiger partial charge in [-0.05, 0) is 51.0 Å². The van der Waals surface area contributed by atoms with Crippen molar-refractivity contribution in [1.82, 2.24) is 5.32 Å². The first-order valence-corrected chi connectivity index (χ1v) is 9.35. The van der Waals surface area contributed by atoms with Crippen LogP contribution in [0, 0.1) is 6.92 Å². The molecule has 1 saturated heterocycles. The maximum absolute atomic E-state index is 12.1. The molecule has 140 valence electrons. The van der Waals surface area contributed by atoms with Gasteiger partial charge in [-0.2, -0.15) is 0 Å². The Bertz CT molecular complexity index is 572. The van der Waals surface area contributed by atoms with Gasteiger partial charge >= 0.3 is 0 Å². The van der Waals surface area contributed by atoms with Crippen molar-refractivity contribution < 1.29 is 19.2 Å². The summed E-state index contributed by atoms with van der Waals surface area (Å²) in [7, 11) is 0. The fourth-order valence-corrected chi connectivity index (χ4v) is 3.24. The third-order valence-corrected chi connectivity index (χ3v) is 4.96. The molecular weight excluding hydrogens is 340 g/mol. The van der Waals surface area contributed by atoms with Crippen LogP contribution >= 0.6 is 11.6 Å². The predicted octanol–water partition coefficient (Wildman–Crippen LogP) is 1.62. The Kier molecular flexibility index (Phi) is 7.54. The molecule has 5 nitrogen and oxygen atoms in total. The van der Waals surface area contributed by atoms with E-state index < -0.39 is 0 Å². The highest BCUT2D eigenvalue weighted by atomic mass is 35.5. The van der Waals surface area contributed by atoms with Crippen LogP contribution in [0.1, 0.15) is 32.3 Å². The number of morpholine rings is 1. The number of carbonyl (C=O) groups excluding carboxylic acids is 1. The van der Waals surface area contributed by atoms with Gasteiger partial charge < -0.3 is 19.7 Å². The molecule has 0 atom stereocenters. The topological polar surface area (TPSA) is 52.0 Å². The van der Waals surface area contributed by atoms with E-state index in [2.05, 4.69) is 19.2 Å². The Balaban J connectivity index is 1.65. The molecule has 0 aliphatic carbocycles. The highest BCUT2D eigenvalue weighted by Gasteiger charge is 2.32. The number of nitrogens with one attached hydrogen (secondary N) is 2. The standard InChI is InChI=1S/C19H29ClN2O3/c1-15-13-16(20)6-7-17(15)25-10-4-5-18(23)21-14-19(2,3)22-8-11-24-12-9-22/h6-7,13H,4-5,8-12,14H2,1-3H3,(H,21,23)/p+1. The van der Waals surface area contributed by atoms with Gasteiger partial charge in [0.2, 0.25) is 5.91 Å². The van der Waals surface area contributed by atoms with Crippen LogP contribution in [0.5, 0.6) is 5.75 Å². The predicted molar refractivity (Wildman–Crippen MR) is 99.5 cm³/mol. The van der Waals surface area contributed by atoms with Crippen molar-refractivity contribution in [3.05, 3.63) is 28.8 Å². The first-order valence-electron chi connectivity index (χ1n) is 8.97. The van der Waals surface area contributed by atoms with Crippen LogP contribution in [-0.2, 0) is 9.53 Å². The lowest BCUT2D eigenvalue weighted by Crippen LogP contribution is -3.22. The zero-order chi connectivity index (χ0) is 18.3. The van der Waals surface area contributed by atoms with E-state index in [4.69, 9.17) is 21.1 Å². The third kappa shape index (κ3) is 6.49. The summed E-state index contributed by atoms with van der Waals surface area (Å²) in [6, 6.07) is 5.55. The van der Waals surface area contributed by atoms with Crippen molar-refractivity contribution in [2.24, 2.45) is 0 Å². The fraction of sp³-hybridized carbons (Fsp3) is 0.632. The number of hydrogen-bond donors (Lipinski definition) is 2. The number of amides is 1. The molecule has 0 unspecified atom stereocenters. The van der Waals surface area contributed by atoms with Crippen LogP contribution in [-0.4, -0.2) is 50.9 Å². The number of quaternary nitrogens is 1. The van der Waals surface area contributed by atoms with Gasteiger partial charge in [-0.1, -0.05) is 11.6 Å². The molecule has 0 radical (unpaired) electrons. The van der Waals surface area contributed by atoms with Crippen LogP contribution in [0.3, 0.4) is 0 Å².